The third kappa shape index (κ3) is 12.4. The number of rotatable bonds is 6. The van der Waals surface area contributed by atoms with Crippen LogP contribution in [0.2, 0.25) is 25.8 Å². The molecule has 0 aliphatic rings. The zero-order valence-corrected chi connectivity index (χ0v) is 34.2. The summed E-state index contributed by atoms with van der Waals surface area (Å²) in [6.45, 7) is 9.12. The van der Waals surface area contributed by atoms with Crippen LogP contribution < -0.4 is 21.7 Å². The molecule has 0 spiro atoms. The van der Waals surface area contributed by atoms with E-state index in [-0.39, 0.29) is 15.7 Å². The molecule has 0 unspecified atom stereocenters. The molecule has 20 heteroatoms. The predicted molar refractivity (Wildman–Crippen MR) is 216 cm³/mol. The van der Waals surface area contributed by atoms with Gasteiger partial charge in [-0.2, -0.15) is 4.98 Å². The highest BCUT2D eigenvalue weighted by Gasteiger charge is 2.22. The van der Waals surface area contributed by atoms with E-state index in [1.54, 1.807) is 75.7 Å². The second-order valence-corrected chi connectivity index (χ2v) is 19.5. The van der Waals surface area contributed by atoms with Gasteiger partial charge >= 0.3 is 0 Å². The van der Waals surface area contributed by atoms with Crippen LogP contribution >= 0.6 is 72.3 Å². The van der Waals surface area contributed by atoms with Crippen LogP contribution in [0, 0.1) is 0 Å². The van der Waals surface area contributed by atoms with Gasteiger partial charge in [-0.3, -0.25) is 19.9 Å². The molecule has 2 aromatic carbocycles. The molecule has 0 saturated carbocycles. The lowest BCUT2D eigenvalue weighted by Crippen LogP contribution is -2.13. The first kappa shape index (κ1) is 43.2. The van der Waals surface area contributed by atoms with Crippen molar-refractivity contribution in [3.8, 4) is 0 Å². The van der Waals surface area contributed by atoms with E-state index in [1.807, 2.05) is 0 Å². The van der Waals surface area contributed by atoms with Crippen LogP contribution in [0.4, 0.5) is 17.2 Å². The van der Waals surface area contributed by atoms with Crippen molar-refractivity contribution < 1.29 is 14.2 Å². The second-order valence-electron chi connectivity index (χ2n) is 11.3. The molecule has 4 heterocycles. The SMILES string of the molecule is CCCCO.CP(C)(=O)c1c(N)ccc2nccnc12.CP(C)(=O)c1c(Nc2nc(Cl)ncc2Cl)ccc2nccnc12.Clc1ncc(Cl)c(Cl)n1. The van der Waals surface area contributed by atoms with E-state index < -0.39 is 14.3 Å². The Morgan fingerprint density at radius 3 is 1.67 bits per heavy atom. The highest BCUT2D eigenvalue weighted by molar-refractivity contribution is 7.71. The Balaban J connectivity index is 0.000000215. The molecule has 0 atom stereocenters. The maximum atomic E-state index is 12.8. The summed E-state index contributed by atoms with van der Waals surface area (Å²) in [5.41, 5.74) is 9.58. The maximum Gasteiger partial charge on any atom is 0.224 e. The fourth-order valence-electron chi connectivity index (χ4n) is 4.32. The Hall–Kier alpha value is -3.25. The van der Waals surface area contributed by atoms with Crippen LogP contribution in [0.1, 0.15) is 19.8 Å². The van der Waals surface area contributed by atoms with E-state index >= 15 is 0 Å². The molecule has 4 N–H and O–H groups in total. The summed E-state index contributed by atoms with van der Waals surface area (Å²) in [4.78, 5) is 31.9. The van der Waals surface area contributed by atoms with Crippen LogP contribution in [0.3, 0.4) is 0 Å². The first-order valence-electron chi connectivity index (χ1n) is 15.2. The smallest absolute Gasteiger partial charge is 0.224 e. The summed E-state index contributed by atoms with van der Waals surface area (Å²) in [5, 5.41) is 13.3. The van der Waals surface area contributed by atoms with E-state index in [2.05, 4.69) is 52.1 Å². The second kappa shape index (κ2) is 19.7. The van der Waals surface area contributed by atoms with Crippen molar-refractivity contribution in [1.82, 2.24) is 39.9 Å². The third-order valence-electron chi connectivity index (χ3n) is 6.49. The molecule has 0 radical (unpaired) electrons. The minimum absolute atomic E-state index is 0.0650. The maximum absolute atomic E-state index is 12.8. The van der Waals surface area contributed by atoms with Crippen LogP contribution in [0.5, 0.6) is 0 Å². The number of benzene rings is 2. The van der Waals surface area contributed by atoms with E-state index in [0.717, 1.165) is 18.4 Å². The number of fused-ring (bicyclic) bond motifs is 2. The van der Waals surface area contributed by atoms with Crippen molar-refractivity contribution in [1.29, 1.82) is 0 Å². The Labute approximate surface area is 325 Å². The number of anilines is 3. The Kier molecular flexibility index (Phi) is 16.4. The highest BCUT2D eigenvalue weighted by Crippen LogP contribution is 2.41. The number of aliphatic hydroxyl groups is 1. The van der Waals surface area contributed by atoms with Gasteiger partial charge in [-0.1, -0.05) is 48.1 Å². The van der Waals surface area contributed by atoms with Crippen LogP contribution in [0.15, 0.2) is 61.4 Å². The molecule has 0 bridgehead atoms. The molecular formula is C32H35Cl5N10O3P2. The topological polar surface area (TPSA) is 196 Å². The van der Waals surface area contributed by atoms with Gasteiger partial charge in [-0.05, 0) is 80.5 Å². The van der Waals surface area contributed by atoms with Crippen molar-refractivity contribution in [2.45, 2.75) is 19.8 Å². The van der Waals surface area contributed by atoms with Crippen molar-refractivity contribution in [3.05, 3.63) is 87.2 Å². The van der Waals surface area contributed by atoms with Gasteiger partial charge in [0.25, 0.3) is 0 Å². The first-order chi connectivity index (χ1) is 24.5. The number of halogens is 5. The summed E-state index contributed by atoms with van der Waals surface area (Å²) < 4.78 is 24.9. The minimum Gasteiger partial charge on any atom is -0.398 e. The van der Waals surface area contributed by atoms with Gasteiger partial charge in [0.1, 0.15) is 30.3 Å². The molecule has 0 amide bonds. The molecule has 6 rings (SSSR count). The van der Waals surface area contributed by atoms with Gasteiger partial charge in [0.05, 0.1) is 44.7 Å². The normalized spacial score (nSPS) is 11.1. The number of nitrogens with two attached hydrogens (primary N) is 1. The first-order valence-corrected chi connectivity index (χ1v) is 22.3. The fourth-order valence-corrected chi connectivity index (χ4v) is 7.76. The van der Waals surface area contributed by atoms with Gasteiger partial charge in [0.2, 0.25) is 10.6 Å². The molecule has 0 aliphatic carbocycles. The van der Waals surface area contributed by atoms with Gasteiger partial charge in [0, 0.05) is 37.1 Å². The lowest BCUT2D eigenvalue weighted by molar-refractivity contribution is 0.287. The zero-order valence-electron chi connectivity index (χ0n) is 28.6. The van der Waals surface area contributed by atoms with Gasteiger partial charge in [-0.25, -0.2) is 15.0 Å². The van der Waals surface area contributed by atoms with Gasteiger partial charge in [0.15, 0.2) is 11.0 Å². The Morgan fingerprint density at radius 1 is 0.692 bits per heavy atom. The van der Waals surface area contributed by atoms with Crippen molar-refractivity contribution in [2.24, 2.45) is 0 Å². The molecule has 6 aromatic rings. The number of hydrogen-bond donors (Lipinski definition) is 3. The largest absolute Gasteiger partial charge is 0.398 e. The third-order valence-corrected chi connectivity index (χ3v) is 10.9. The average Bonchev–Trinajstić information content (AvgIpc) is 3.08. The average molecular weight is 847 g/mol. The molecule has 0 saturated heterocycles. The number of nitrogens with one attached hydrogen (secondary N) is 1. The number of nitrogen functional groups attached to an aromatic ring is 1. The van der Waals surface area contributed by atoms with Crippen LogP contribution in [0.25, 0.3) is 22.1 Å². The number of aliphatic hydroxyl groups excluding tert-OH is 1. The number of aromatic nitrogens is 8. The monoisotopic (exact) mass is 844 g/mol. The molecule has 52 heavy (non-hydrogen) atoms. The lowest BCUT2D eigenvalue weighted by atomic mass is 10.2. The van der Waals surface area contributed by atoms with E-state index in [4.69, 9.17) is 68.8 Å². The van der Waals surface area contributed by atoms with Crippen LogP contribution in [-0.2, 0) is 9.13 Å². The van der Waals surface area contributed by atoms with Gasteiger partial charge < -0.3 is 25.3 Å². The van der Waals surface area contributed by atoms with Crippen molar-refractivity contribution >= 4 is 122 Å². The summed E-state index contributed by atoms with van der Waals surface area (Å²) in [6, 6.07) is 7.09. The highest BCUT2D eigenvalue weighted by atomic mass is 35.5. The molecule has 0 fully saturated rings. The quantitative estimate of drug-likeness (QED) is 0.0626. The number of nitrogens with zero attached hydrogens (tertiary/aromatic N) is 8. The summed E-state index contributed by atoms with van der Waals surface area (Å²) >= 11 is 28.2. The lowest BCUT2D eigenvalue weighted by Gasteiger charge is -2.17. The van der Waals surface area contributed by atoms with Crippen LogP contribution in [-0.4, -0.2) is 78.2 Å². The summed E-state index contributed by atoms with van der Waals surface area (Å²) in [5.74, 6) is 0.338. The van der Waals surface area contributed by atoms with Gasteiger partial charge in [-0.15, -0.1) is 0 Å². The minimum atomic E-state index is -2.65. The zero-order chi connectivity index (χ0) is 38.6. The predicted octanol–water partition coefficient (Wildman–Crippen LogP) is 8.39. The molecule has 4 aromatic heterocycles. The fraction of sp³-hybridized carbons (Fsp3) is 0.250. The molecule has 0 aliphatic heterocycles. The van der Waals surface area contributed by atoms with Crippen molar-refractivity contribution in [3.63, 3.8) is 0 Å². The molecule has 13 nitrogen and oxygen atoms in total. The standard InChI is InChI=1S/C14H12Cl2N5OP.C10H12N3OP.C4HCl3N2.C4H10O/c1-23(2,22)12-10(4-3-9-11(12)18-6-5-17-9)20-13-8(15)7-19-14(16)21-13;1-15(2,14)10-7(11)3-4-8-9(10)13-6-5-12-8;5-2-1-8-4(7)9-3(2)6;1-2-3-4-5/h3-7H,1-2H3,(H,19,20,21);3-6H,11H2,1-2H3;1H;5H,2-4H2,1H3. The summed E-state index contributed by atoms with van der Waals surface area (Å²) in [6.07, 6.45) is 11.1. The number of unbranched alkanes of at least 4 members (excludes halogenated alkanes) is 1. The summed E-state index contributed by atoms with van der Waals surface area (Å²) in [7, 11) is -5.08. The van der Waals surface area contributed by atoms with Crippen molar-refractivity contribution in [2.75, 3.05) is 44.3 Å². The Bertz CT molecular complexity index is 2240. The van der Waals surface area contributed by atoms with E-state index in [9.17, 15) is 9.13 Å². The molecular weight excluding hydrogens is 812 g/mol. The number of hydrogen-bond acceptors (Lipinski definition) is 13. The van der Waals surface area contributed by atoms with E-state index in [0.29, 0.717) is 61.0 Å². The molecule has 276 valence electrons. The Morgan fingerprint density at radius 2 is 1.19 bits per heavy atom. The van der Waals surface area contributed by atoms with E-state index in [1.165, 1.54) is 12.4 Å².